The van der Waals surface area contributed by atoms with Gasteiger partial charge >= 0.3 is 0 Å². The van der Waals surface area contributed by atoms with Gasteiger partial charge in [-0.2, -0.15) is 12.6 Å². The number of pyridine rings is 2. The molecule has 1 atom stereocenters. The van der Waals surface area contributed by atoms with E-state index in [1.54, 1.807) is 24.5 Å². The predicted molar refractivity (Wildman–Crippen MR) is 143 cm³/mol. The molecule has 2 aliphatic rings. The first-order valence-corrected chi connectivity index (χ1v) is 12.9. The molecule has 0 fully saturated rings. The molecule has 198 valence electrons. The number of aryl methyl sites for hydroxylation is 2. The molecule has 5 rings (SSSR count). The third-order valence-corrected chi connectivity index (χ3v) is 6.88. The summed E-state index contributed by atoms with van der Waals surface area (Å²) in [6.45, 7) is 7.82. The third kappa shape index (κ3) is 5.26. The van der Waals surface area contributed by atoms with Crippen LogP contribution in [0.2, 0.25) is 0 Å². The second kappa shape index (κ2) is 11.9. The number of fused-ring (bicyclic) bond motifs is 4. The molecule has 0 saturated carbocycles. The fourth-order valence-electron chi connectivity index (χ4n) is 4.96. The molecule has 0 spiro atoms. The number of thiol groups is 1. The Morgan fingerprint density at radius 1 is 1.30 bits per heavy atom. The monoisotopic (exact) mass is 529 g/mol. The molecule has 0 bridgehead atoms. The zero-order valence-corrected chi connectivity index (χ0v) is 22.3. The van der Waals surface area contributed by atoms with E-state index in [2.05, 4.69) is 18.4 Å². The number of nitrogens with two attached hydrogens (primary N) is 1. The molecule has 1 amide bonds. The number of carbonyl (C=O) groups is 2. The maximum Gasteiger partial charge on any atom is 0.293 e. The van der Waals surface area contributed by atoms with Gasteiger partial charge in [0, 0.05) is 17.0 Å². The second-order valence-corrected chi connectivity index (χ2v) is 9.01. The van der Waals surface area contributed by atoms with Crippen molar-refractivity contribution >= 4 is 35.9 Å². The lowest BCUT2D eigenvalue weighted by Gasteiger charge is -2.21. The van der Waals surface area contributed by atoms with Crippen LogP contribution in [0, 0.1) is 12.7 Å². The third-order valence-electron chi connectivity index (χ3n) is 6.57. The lowest BCUT2D eigenvalue weighted by molar-refractivity contribution is -0.129. The van der Waals surface area contributed by atoms with Crippen molar-refractivity contribution < 1.29 is 23.8 Å². The summed E-state index contributed by atoms with van der Waals surface area (Å²) in [6.07, 6.45) is 1.68. The molecular weight excluding hydrogens is 497 g/mol. The number of hydrogen-bond acceptors (Lipinski definition) is 7. The van der Waals surface area contributed by atoms with Gasteiger partial charge < -0.3 is 20.1 Å². The van der Waals surface area contributed by atoms with Gasteiger partial charge in [0.05, 0.1) is 40.9 Å². The Morgan fingerprint density at radius 3 is 2.54 bits per heavy atom. The molecule has 8 nitrogen and oxygen atoms in total. The first-order chi connectivity index (χ1) is 17.7. The maximum absolute atomic E-state index is 14.5. The summed E-state index contributed by atoms with van der Waals surface area (Å²) in [6, 6.07) is 3.22. The van der Waals surface area contributed by atoms with Gasteiger partial charge in [0.2, 0.25) is 5.91 Å². The average molecular weight is 530 g/mol. The fraction of sp³-hybridized carbons (Fsp3) is 0.407. The van der Waals surface area contributed by atoms with E-state index in [0.29, 0.717) is 34.6 Å². The normalized spacial score (nSPS) is 13.4. The van der Waals surface area contributed by atoms with Crippen molar-refractivity contribution in [1.29, 1.82) is 0 Å². The first-order valence-electron chi connectivity index (χ1n) is 12.2. The van der Waals surface area contributed by atoms with E-state index < -0.39 is 6.10 Å². The fourth-order valence-corrected chi connectivity index (χ4v) is 4.96. The number of hydrogen-bond donors (Lipinski definition) is 3. The number of aliphatic hydroxyl groups excluding tert-OH is 1. The lowest BCUT2D eigenvalue weighted by Crippen LogP contribution is -2.26. The number of amides is 1. The van der Waals surface area contributed by atoms with E-state index >= 15 is 0 Å². The predicted octanol–water partition coefficient (Wildman–Crippen LogP) is 3.52. The number of ether oxygens (including phenoxy) is 1. The van der Waals surface area contributed by atoms with E-state index in [9.17, 15) is 23.9 Å². The van der Waals surface area contributed by atoms with Gasteiger partial charge in [-0.25, -0.2) is 9.37 Å². The summed E-state index contributed by atoms with van der Waals surface area (Å²) in [5.74, 6) is -0.507. The number of primary amides is 1. The molecule has 1 unspecified atom stereocenters. The minimum atomic E-state index is -0.914. The van der Waals surface area contributed by atoms with Crippen LogP contribution in [0.3, 0.4) is 0 Å². The zero-order valence-electron chi connectivity index (χ0n) is 21.4. The standard InChI is InChI=1S/C23H21FN2O4.C2H5NOS.C2H6/c1-11-13-4-3-5-14-16-8-26-20(22(16)25-19(21(13)14)7-18(11)24)6-15(12(2)28)17(23(26)29)9-30-10-27;3-2(4)1-5;1-2/h6-7,10,12,28H,3-5,8-9H2,1-2H3;5H,1H2,(H2,3,4);1-2H3. The van der Waals surface area contributed by atoms with E-state index in [0.717, 1.165) is 41.3 Å². The number of rotatable bonds is 5. The van der Waals surface area contributed by atoms with Crippen molar-refractivity contribution in [2.45, 2.75) is 66.2 Å². The Bertz CT molecular complexity index is 1420. The van der Waals surface area contributed by atoms with Crippen LogP contribution in [-0.2, 0) is 40.3 Å². The van der Waals surface area contributed by atoms with Crippen LogP contribution in [0.1, 0.15) is 66.7 Å². The average Bonchev–Trinajstić information content (AvgIpc) is 3.27. The SMILES string of the molecule is CC.Cc1c(F)cc2nc3c(c4c2c1CCC4)Cn1c-3cc(C(C)O)c(COC=O)c1=O.NC(=O)CS. The first kappa shape index (κ1) is 28.3. The number of aromatic nitrogens is 2. The molecule has 1 aromatic carbocycles. The smallest absolute Gasteiger partial charge is 0.293 e. The zero-order chi connectivity index (χ0) is 27.4. The Labute approximate surface area is 220 Å². The molecule has 1 aliphatic heterocycles. The van der Waals surface area contributed by atoms with Crippen LogP contribution in [0.25, 0.3) is 22.3 Å². The van der Waals surface area contributed by atoms with Gasteiger partial charge in [0.25, 0.3) is 12.0 Å². The highest BCUT2D eigenvalue weighted by Crippen LogP contribution is 2.41. The summed E-state index contributed by atoms with van der Waals surface area (Å²) >= 11 is 3.54. The van der Waals surface area contributed by atoms with Crippen molar-refractivity contribution in [1.82, 2.24) is 9.55 Å². The Kier molecular flexibility index (Phi) is 9.09. The summed E-state index contributed by atoms with van der Waals surface area (Å²) in [5.41, 5.74) is 10.6. The van der Waals surface area contributed by atoms with Crippen molar-refractivity contribution in [3.8, 4) is 11.4 Å². The molecule has 10 heteroatoms. The van der Waals surface area contributed by atoms with Crippen LogP contribution in [-0.4, -0.2) is 32.8 Å². The van der Waals surface area contributed by atoms with E-state index in [-0.39, 0.29) is 41.7 Å². The quantitative estimate of drug-likeness (QED) is 0.268. The van der Waals surface area contributed by atoms with E-state index in [4.69, 9.17) is 9.72 Å². The van der Waals surface area contributed by atoms with Crippen LogP contribution in [0.5, 0.6) is 0 Å². The number of halogens is 1. The highest BCUT2D eigenvalue weighted by atomic mass is 32.1. The second-order valence-electron chi connectivity index (χ2n) is 8.69. The molecule has 3 aromatic rings. The van der Waals surface area contributed by atoms with Crippen LogP contribution in [0.15, 0.2) is 16.9 Å². The summed E-state index contributed by atoms with van der Waals surface area (Å²) < 4.78 is 21.0. The lowest BCUT2D eigenvalue weighted by atomic mass is 9.85. The molecule has 0 saturated heterocycles. The van der Waals surface area contributed by atoms with E-state index in [1.165, 1.54) is 6.07 Å². The minimum Gasteiger partial charge on any atom is -0.463 e. The van der Waals surface area contributed by atoms with Gasteiger partial charge in [-0.05, 0) is 61.4 Å². The molecule has 1 aliphatic carbocycles. The number of nitrogens with zero attached hydrogens (tertiary/aromatic N) is 2. The summed E-state index contributed by atoms with van der Waals surface area (Å²) in [4.78, 5) is 38.2. The van der Waals surface area contributed by atoms with Gasteiger partial charge in [0.1, 0.15) is 12.4 Å². The molecule has 37 heavy (non-hydrogen) atoms. The van der Waals surface area contributed by atoms with Gasteiger partial charge in [-0.15, -0.1) is 0 Å². The van der Waals surface area contributed by atoms with Crippen molar-refractivity contribution in [3.05, 3.63) is 61.7 Å². The van der Waals surface area contributed by atoms with E-state index in [1.807, 2.05) is 13.8 Å². The number of benzene rings is 1. The van der Waals surface area contributed by atoms with Crippen LogP contribution >= 0.6 is 12.6 Å². The highest BCUT2D eigenvalue weighted by Gasteiger charge is 2.31. The van der Waals surface area contributed by atoms with Crippen molar-refractivity contribution in [3.63, 3.8) is 0 Å². The molecule has 3 heterocycles. The van der Waals surface area contributed by atoms with Gasteiger partial charge in [-0.3, -0.25) is 14.4 Å². The molecule has 0 radical (unpaired) electrons. The maximum atomic E-state index is 14.5. The molecule has 2 aromatic heterocycles. The van der Waals surface area contributed by atoms with Crippen LogP contribution in [0.4, 0.5) is 4.39 Å². The Morgan fingerprint density at radius 2 is 1.95 bits per heavy atom. The van der Waals surface area contributed by atoms with Gasteiger partial charge in [-0.1, -0.05) is 13.8 Å². The van der Waals surface area contributed by atoms with Crippen molar-refractivity contribution in [2.24, 2.45) is 5.73 Å². The summed E-state index contributed by atoms with van der Waals surface area (Å²) in [7, 11) is 0. The van der Waals surface area contributed by atoms with Gasteiger partial charge in [0.15, 0.2) is 0 Å². The topological polar surface area (TPSA) is 125 Å². The Hall–Kier alpha value is -3.24. The molecular formula is C27H32FN3O5S. The number of aliphatic hydroxyl groups is 1. The highest BCUT2D eigenvalue weighted by molar-refractivity contribution is 7.81. The summed E-state index contributed by atoms with van der Waals surface area (Å²) in [5, 5.41) is 11.2. The minimum absolute atomic E-state index is 0.139. The largest absolute Gasteiger partial charge is 0.463 e. The molecule has 3 N–H and O–H groups in total. The Balaban J connectivity index is 0.000000489. The number of carbonyl (C=O) groups excluding carboxylic acids is 2. The van der Waals surface area contributed by atoms with Crippen molar-refractivity contribution in [2.75, 3.05) is 5.75 Å². The van der Waals surface area contributed by atoms with Crippen LogP contribution < -0.4 is 11.3 Å².